The van der Waals surface area contributed by atoms with Gasteiger partial charge in [0.05, 0.1) is 0 Å². The molecule has 146 valence electrons. The van der Waals surface area contributed by atoms with Crippen molar-refractivity contribution in [3.05, 3.63) is 75.2 Å². The Kier molecular flexibility index (Phi) is 4.65. The van der Waals surface area contributed by atoms with Crippen molar-refractivity contribution in [2.45, 2.75) is 50.5 Å². The van der Waals surface area contributed by atoms with E-state index < -0.39 is 5.92 Å². The second-order valence-electron chi connectivity index (χ2n) is 7.69. The van der Waals surface area contributed by atoms with Crippen molar-refractivity contribution in [2.24, 2.45) is 0 Å². The van der Waals surface area contributed by atoms with Crippen LogP contribution in [0.15, 0.2) is 47.3 Å². The highest BCUT2D eigenvalue weighted by molar-refractivity contribution is 5.82. The molecule has 0 bridgehead atoms. The van der Waals surface area contributed by atoms with Gasteiger partial charge >= 0.3 is 0 Å². The second kappa shape index (κ2) is 7.00. The van der Waals surface area contributed by atoms with Gasteiger partial charge in [-0.1, -0.05) is 36.4 Å². The summed E-state index contributed by atoms with van der Waals surface area (Å²) in [4.78, 5) is 27.0. The third-order valence-corrected chi connectivity index (χ3v) is 5.35. The smallest absolute Gasteiger partial charge is 0.270 e. The summed E-state index contributed by atoms with van der Waals surface area (Å²) in [7, 11) is 0. The number of rotatable bonds is 5. The Morgan fingerprint density at radius 2 is 1.79 bits per heavy atom. The molecule has 2 aromatic rings. The van der Waals surface area contributed by atoms with Crippen LogP contribution < -0.4 is 10.9 Å². The normalized spacial score (nSPS) is 20.3. The van der Waals surface area contributed by atoms with Crippen molar-refractivity contribution in [2.75, 3.05) is 0 Å². The fourth-order valence-electron chi connectivity index (χ4n) is 3.61. The maximum absolute atomic E-state index is 13.6. The molecule has 0 spiro atoms. The number of halogens is 2. The van der Waals surface area contributed by atoms with Gasteiger partial charge in [-0.25, -0.2) is 8.78 Å². The monoisotopic (exact) mass is 384 g/mol. The van der Waals surface area contributed by atoms with Crippen LogP contribution in [0.2, 0.25) is 0 Å². The molecular formula is C22H22F2N2O2. The van der Waals surface area contributed by atoms with E-state index >= 15 is 0 Å². The van der Waals surface area contributed by atoms with Crippen molar-refractivity contribution in [1.29, 1.82) is 0 Å². The van der Waals surface area contributed by atoms with Crippen LogP contribution in [0.3, 0.4) is 0 Å². The number of hydrogen-bond donors (Lipinski definition) is 2. The Morgan fingerprint density at radius 1 is 1.07 bits per heavy atom. The van der Waals surface area contributed by atoms with Gasteiger partial charge in [-0.15, -0.1) is 0 Å². The number of carbonyl (C=O) groups excluding carboxylic acids is 1. The van der Waals surface area contributed by atoms with E-state index in [0.717, 1.165) is 30.9 Å². The topological polar surface area (TPSA) is 62.0 Å². The molecule has 1 aromatic carbocycles. The van der Waals surface area contributed by atoms with Crippen LogP contribution in [0.1, 0.15) is 60.9 Å². The first-order chi connectivity index (χ1) is 13.3. The SMILES string of the molecule is CC(F)(F)c1ccc(/C(=C/[C@H]2CCC(=O)N2)c2ccc(C3CC3)c(=O)[nH]2)cc1. The number of nitrogens with one attached hydrogen (secondary N) is 2. The van der Waals surface area contributed by atoms with Gasteiger partial charge in [0.2, 0.25) is 5.91 Å². The van der Waals surface area contributed by atoms with Gasteiger partial charge in [0, 0.05) is 41.8 Å². The van der Waals surface area contributed by atoms with E-state index in [1.54, 1.807) is 12.1 Å². The minimum absolute atomic E-state index is 0.0147. The van der Waals surface area contributed by atoms with Crippen LogP contribution >= 0.6 is 0 Å². The van der Waals surface area contributed by atoms with E-state index in [2.05, 4.69) is 10.3 Å². The van der Waals surface area contributed by atoms with Gasteiger partial charge in [-0.05, 0) is 36.8 Å². The number of pyridine rings is 1. The predicted molar refractivity (Wildman–Crippen MR) is 103 cm³/mol. The third kappa shape index (κ3) is 3.91. The summed E-state index contributed by atoms with van der Waals surface area (Å²) in [6.07, 6.45) is 5.08. The molecule has 1 aliphatic carbocycles. The zero-order chi connectivity index (χ0) is 19.9. The van der Waals surface area contributed by atoms with E-state index in [0.29, 0.717) is 30.0 Å². The molecule has 1 saturated carbocycles. The van der Waals surface area contributed by atoms with E-state index in [-0.39, 0.29) is 23.1 Å². The zero-order valence-electron chi connectivity index (χ0n) is 15.6. The van der Waals surface area contributed by atoms with Crippen molar-refractivity contribution < 1.29 is 13.6 Å². The lowest BCUT2D eigenvalue weighted by Crippen LogP contribution is -2.23. The van der Waals surface area contributed by atoms with E-state index in [1.165, 1.54) is 12.1 Å². The summed E-state index contributed by atoms with van der Waals surface area (Å²) in [6, 6.07) is 9.61. The molecule has 2 fully saturated rings. The maximum Gasteiger partial charge on any atom is 0.270 e. The standard InChI is InChI=1S/C22H22F2N2O2/c1-22(23,24)15-6-4-14(5-7-15)18(12-16-8-11-20(27)25-16)19-10-9-17(13-2-3-13)21(28)26-19/h4-7,9-10,12-13,16H,2-3,8,11H2,1H3,(H,25,27)(H,26,28)/b18-12-/t16-/m1/s1. The summed E-state index contributed by atoms with van der Waals surface area (Å²) in [6.45, 7) is 0.862. The number of amides is 1. The summed E-state index contributed by atoms with van der Waals surface area (Å²) in [5, 5.41) is 2.89. The number of aromatic amines is 1. The Balaban J connectivity index is 1.74. The lowest BCUT2D eigenvalue weighted by atomic mass is 9.96. The number of carbonyl (C=O) groups is 1. The van der Waals surface area contributed by atoms with Gasteiger partial charge in [-0.2, -0.15) is 0 Å². The van der Waals surface area contributed by atoms with Gasteiger partial charge < -0.3 is 10.3 Å². The molecule has 0 radical (unpaired) electrons. The van der Waals surface area contributed by atoms with E-state index in [9.17, 15) is 18.4 Å². The highest BCUT2D eigenvalue weighted by Gasteiger charge is 2.27. The maximum atomic E-state index is 13.6. The first-order valence-electron chi connectivity index (χ1n) is 9.55. The van der Waals surface area contributed by atoms with Gasteiger partial charge in [0.1, 0.15) is 0 Å². The summed E-state index contributed by atoms with van der Waals surface area (Å²) in [5.41, 5.74) is 2.66. The molecule has 1 saturated heterocycles. The van der Waals surface area contributed by atoms with Gasteiger partial charge in [-0.3, -0.25) is 9.59 Å². The number of aromatic nitrogens is 1. The minimum Gasteiger partial charge on any atom is -0.350 e. The molecule has 1 aromatic heterocycles. The van der Waals surface area contributed by atoms with Crippen LogP contribution in [-0.4, -0.2) is 16.9 Å². The van der Waals surface area contributed by atoms with Crippen LogP contribution in [0.4, 0.5) is 8.78 Å². The minimum atomic E-state index is -2.91. The lowest BCUT2D eigenvalue weighted by Gasteiger charge is -2.15. The molecule has 0 unspecified atom stereocenters. The average Bonchev–Trinajstić information content (AvgIpc) is 3.40. The zero-order valence-corrected chi connectivity index (χ0v) is 15.6. The largest absolute Gasteiger partial charge is 0.350 e. The molecule has 6 heteroatoms. The molecule has 4 rings (SSSR count). The fourth-order valence-corrected chi connectivity index (χ4v) is 3.61. The molecule has 4 nitrogen and oxygen atoms in total. The quantitative estimate of drug-likeness (QED) is 0.816. The molecule has 2 heterocycles. The summed E-state index contributed by atoms with van der Waals surface area (Å²) < 4.78 is 27.1. The average molecular weight is 384 g/mol. The highest BCUT2D eigenvalue weighted by Crippen LogP contribution is 2.38. The van der Waals surface area contributed by atoms with Crippen molar-refractivity contribution in [3.8, 4) is 0 Å². The fraction of sp³-hybridized carbons (Fsp3) is 0.364. The summed E-state index contributed by atoms with van der Waals surface area (Å²) >= 11 is 0. The van der Waals surface area contributed by atoms with Gasteiger partial charge in [0.25, 0.3) is 11.5 Å². The molecule has 1 aliphatic heterocycles. The molecule has 2 aliphatic rings. The van der Waals surface area contributed by atoms with Crippen molar-refractivity contribution in [1.82, 2.24) is 10.3 Å². The molecular weight excluding hydrogens is 362 g/mol. The number of hydrogen-bond acceptors (Lipinski definition) is 2. The lowest BCUT2D eigenvalue weighted by molar-refractivity contribution is -0.119. The summed E-state index contributed by atoms with van der Waals surface area (Å²) in [5.74, 6) is -2.59. The number of H-pyrrole nitrogens is 1. The Hall–Kier alpha value is -2.76. The van der Waals surface area contributed by atoms with E-state index in [4.69, 9.17) is 0 Å². The van der Waals surface area contributed by atoms with Crippen LogP contribution in [0, 0.1) is 0 Å². The molecule has 1 atom stereocenters. The Morgan fingerprint density at radius 3 is 2.32 bits per heavy atom. The Labute approximate surface area is 161 Å². The first kappa shape index (κ1) is 18.6. The van der Waals surface area contributed by atoms with E-state index in [1.807, 2.05) is 18.2 Å². The van der Waals surface area contributed by atoms with Crippen molar-refractivity contribution in [3.63, 3.8) is 0 Å². The number of benzene rings is 1. The second-order valence-corrected chi connectivity index (χ2v) is 7.69. The number of alkyl halides is 2. The highest BCUT2D eigenvalue weighted by atomic mass is 19.3. The first-order valence-corrected chi connectivity index (χ1v) is 9.55. The third-order valence-electron chi connectivity index (χ3n) is 5.35. The van der Waals surface area contributed by atoms with Crippen molar-refractivity contribution >= 4 is 11.5 Å². The van der Waals surface area contributed by atoms with Gasteiger partial charge in [0.15, 0.2) is 0 Å². The molecule has 1 amide bonds. The van der Waals surface area contributed by atoms with Crippen LogP contribution in [0.5, 0.6) is 0 Å². The predicted octanol–water partition coefficient (Wildman–Crippen LogP) is 4.07. The molecule has 28 heavy (non-hydrogen) atoms. The Bertz CT molecular complexity index is 983. The molecule has 2 N–H and O–H groups in total. The van der Waals surface area contributed by atoms with Crippen LogP contribution in [0.25, 0.3) is 5.57 Å². The van der Waals surface area contributed by atoms with Crippen LogP contribution in [-0.2, 0) is 10.7 Å².